The van der Waals surface area contributed by atoms with Gasteiger partial charge in [-0.15, -0.1) is 0 Å². The highest BCUT2D eigenvalue weighted by Gasteiger charge is 2.22. The molecule has 124 valence electrons. The van der Waals surface area contributed by atoms with E-state index in [1.807, 2.05) is 18.2 Å². The van der Waals surface area contributed by atoms with Gasteiger partial charge < -0.3 is 15.0 Å². The third-order valence-corrected chi connectivity index (χ3v) is 4.35. The van der Waals surface area contributed by atoms with Gasteiger partial charge in [0, 0.05) is 28.0 Å². The summed E-state index contributed by atoms with van der Waals surface area (Å²) in [6, 6.07) is 16.2. The van der Waals surface area contributed by atoms with Crippen molar-refractivity contribution in [2.24, 2.45) is 0 Å². The fourth-order valence-corrected chi connectivity index (χ4v) is 2.81. The molecule has 3 rings (SSSR count). The van der Waals surface area contributed by atoms with Crippen molar-refractivity contribution in [1.29, 1.82) is 5.26 Å². The molecule has 2 aromatic carbocycles. The first-order chi connectivity index (χ1) is 12.0. The molecule has 1 heterocycles. The van der Waals surface area contributed by atoms with Crippen molar-refractivity contribution < 1.29 is 9.53 Å². The van der Waals surface area contributed by atoms with Crippen LogP contribution in [0.25, 0.3) is 5.69 Å². The molecule has 0 aliphatic rings. The van der Waals surface area contributed by atoms with Gasteiger partial charge in [0.05, 0.1) is 18.4 Å². The number of hydrogen-bond donors (Lipinski definition) is 1. The Hall–Kier alpha value is -3.04. The summed E-state index contributed by atoms with van der Waals surface area (Å²) in [7, 11) is 1.57. The number of nitrogens with two attached hydrogens (primary N) is 1. The molecule has 25 heavy (non-hydrogen) atoms. The molecule has 3 aromatic rings. The monoisotopic (exact) mass is 395 g/mol. The zero-order valence-electron chi connectivity index (χ0n) is 13.4. The predicted molar refractivity (Wildman–Crippen MR) is 99.0 cm³/mol. The number of aromatic nitrogens is 1. The summed E-state index contributed by atoms with van der Waals surface area (Å²) in [5.74, 6) is 0.389. The topological polar surface area (TPSA) is 81.0 Å². The van der Waals surface area contributed by atoms with Crippen LogP contribution < -0.4 is 10.5 Å². The first-order valence-corrected chi connectivity index (χ1v) is 8.20. The number of ether oxygens (including phenoxy) is 1. The largest absolute Gasteiger partial charge is 0.497 e. The Morgan fingerprint density at radius 3 is 2.60 bits per heavy atom. The molecule has 6 heteroatoms. The Morgan fingerprint density at radius 1 is 1.24 bits per heavy atom. The molecular formula is C19H14BrN3O2. The maximum absolute atomic E-state index is 13.0. The fourth-order valence-electron chi connectivity index (χ4n) is 2.54. The molecule has 2 N–H and O–H groups in total. The normalized spacial score (nSPS) is 10.3. The zero-order chi connectivity index (χ0) is 18.0. The second-order valence-electron chi connectivity index (χ2n) is 5.32. The lowest BCUT2D eigenvalue weighted by molar-refractivity contribution is 0.103. The lowest BCUT2D eigenvalue weighted by Gasteiger charge is -2.11. The van der Waals surface area contributed by atoms with Crippen molar-refractivity contribution in [2.45, 2.75) is 0 Å². The van der Waals surface area contributed by atoms with Crippen LogP contribution in [0.1, 0.15) is 21.6 Å². The number of halogens is 1. The fraction of sp³-hybridized carbons (Fsp3) is 0.0526. The predicted octanol–water partition coefficient (Wildman–Crippen LogP) is 3.93. The maximum Gasteiger partial charge on any atom is 0.211 e. The van der Waals surface area contributed by atoms with Gasteiger partial charge in [-0.05, 0) is 36.4 Å². The second kappa shape index (κ2) is 6.83. The Kier molecular flexibility index (Phi) is 4.59. The highest BCUT2D eigenvalue weighted by Crippen LogP contribution is 2.28. The van der Waals surface area contributed by atoms with Gasteiger partial charge in [-0.25, -0.2) is 0 Å². The lowest BCUT2D eigenvalue weighted by Crippen LogP contribution is -2.11. The van der Waals surface area contributed by atoms with Gasteiger partial charge in [0.25, 0.3) is 0 Å². The highest BCUT2D eigenvalue weighted by molar-refractivity contribution is 9.10. The Labute approximate surface area is 153 Å². The van der Waals surface area contributed by atoms with Crippen molar-refractivity contribution in [2.75, 3.05) is 12.8 Å². The molecule has 1 aromatic heterocycles. The Balaban J connectivity index is 2.18. The van der Waals surface area contributed by atoms with Gasteiger partial charge in [0.15, 0.2) is 0 Å². The number of hydrogen-bond acceptors (Lipinski definition) is 4. The van der Waals surface area contributed by atoms with Crippen molar-refractivity contribution in [3.63, 3.8) is 0 Å². The van der Waals surface area contributed by atoms with E-state index in [4.69, 9.17) is 10.5 Å². The number of benzene rings is 2. The van der Waals surface area contributed by atoms with Crippen LogP contribution in [-0.4, -0.2) is 17.5 Å². The molecule has 0 aliphatic carbocycles. The van der Waals surface area contributed by atoms with Crippen LogP contribution in [0.5, 0.6) is 5.75 Å². The molecule has 0 spiro atoms. The van der Waals surface area contributed by atoms with E-state index in [2.05, 4.69) is 15.9 Å². The first-order valence-electron chi connectivity index (χ1n) is 7.40. The number of nitrogens with zero attached hydrogens (tertiary/aromatic N) is 2. The summed E-state index contributed by atoms with van der Waals surface area (Å²) in [4.78, 5) is 13.0. The first kappa shape index (κ1) is 16.8. The van der Waals surface area contributed by atoms with Gasteiger partial charge in [0.2, 0.25) is 5.78 Å². The van der Waals surface area contributed by atoms with E-state index < -0.39 is 0 Å². The van der Waals surface area contributed by atoms with E-state index in [1.165, 1.54) is 0 Å². The molecule has 0 saturated carbocycles. The third-order valence-electron chi connectivity index (χ3n) is 3.82. The minimum absolute atomic E-state index is 0.165. The number of rotatable bonds is 4. The quantitative estimate of drug-likeness (QED) is 0.678. The molecular weight excluding hydrogens is 382 g/mol. The number of anilines is 1. The van der Waals surface area contributed by atoms with Gasteiger partial charge in [-0.1, -0.05) is 22.0 Å². The van der Waals surface area contributed by atoms with Crippen LogP contribution in [-0.2, 0) is 0 Å². The zero-order valence-corrected chi connectivity index (χ0v) is 14.9. The van der Waals surface area contributed by atoms with Gasteiger partial charge in [-0.2, -0.15) is 5.26 Å². The van der Waals surface area contributed by atoms with Gasteiger partial charge in [-0.3, -0.25) is 4.79 Å². The lowest BCUT2D eigenvalue weighted by atomic mass is 10.1. The molecule has 0 radical (unpaired) electrons. The maximum atomic E-state index is 13.0. The van der Waals surface area contributed by atoms with Crippen molar-refractivity contribution >= 4 is 27.4 Å². The number of ketones is 1. The molecule has 0 saturated heterocycles. The number of carbonyl (C=O) groups excluding carboxylic acids is 1. The van der Waals surface area contributed by atoms with Crippen molar-refractivity contribution in [1.82, 2.24) is 4.57 Å². The number of nitriles is 1. The molecule has 0 aliphatic heterocycles. The molecule has 0 unspecified atom stereocenters. The summed E-state index contributed by atoms with van der Waals surface area (Å²) >= 11 is 3.35. The summed E-state index contributed by atoms with van der Waals surface area (Å²) in [5.41, 5.74) is 7.94. The van der Waals surface area contributed by atoms with Gasteiger partial charge in [0.1, 0.15) is 17.5 Å². The van der Waals surface area contributed by atoms with E-state index in [0.29, 0.717) is 17.0 Å². The minimum Gasteiger partial charge on any atom is -0.497 e. The third kappa shape index (κ3) is 3.14. The summed E-state index contributed by atoms with van der Waals surface area (Å²) in [5, 5.41) is 9.31. The van der Waals surface area contributed by atoms with E-state index in [9.17, 15) is 10.1 Å². The van der Waals surface area contributed by atoms with Crippen LogP contribution in [0.3, 0.4) is 0 Å². The van der Waals surface area contributed by atoms with E-state index in [0.717, 1.165) is 4.47 Å². The van der Waals surface area contributed by atoms with Crippen LogP contribution in [0.4, 0.5) is 5.69 Å². The summed E-state index contributed by atoms with van der Waals surface area (Å²) in [6.45, 7) is 0. The summed E-state index contributed by atoms with van der Waals surface area (Å²) < 4.78 is 7.74. The molecule has 5 nitrogen and oxygen atoms in total. The smallest absolute Gasteiger partial charge is 0.211 e. The highest BCUT2D eigenvalue weighted by atomic mass is 79.9. The van der Waals surface area contributed by atoms with Crippen LogP contribution >= 0.6 is 15.9 Å². The van der Waals surface area contributed by atoms with Crippen molar-refractivity contribution in [3.05, 3.63) is 76.0 Å². The van der Waals surface area contributed by atoms with E-state index >= 15 is 0 Å². The molecule has 0 fully saturated rings. The van der Waals surface area contributed by atoms with Gasteiger partial charge >= 0.3 is 0 Å². The van der Waals surface area contributed by atoms with Crippen LogP contribution in [0.2, 0.25) is 0 Å². The standard InChI is InChI=1S/C19H14BrN3O2/c1-25-16-4-2-3-15(9-16)23-11-13(10-21)17(22)18(23)19(24)12-5-7-14(20)8-6-12/h2-9,11H,22H2,1H3. The SMILES string of the molecule is COc1cccc(-n2cc(C#N)c(N)c2C(=O)c2ccc(Br)cc2)c1. The van der Waals surface area contributed by atoms with Crippen molar-refractivity contribution in [3.8, 4) is 17.5 Å². The Morgan fingerprint density at radius 2 is 1.96 bits per heavy atom. The second-order valence-corrected chi connectivity index (χ2v) is 6.24. The Bertz CT molecular complexity index is 985. The van der Waals surface area contributed by atoms with Crippen LogP contribution in [0, 0.1) is 11.3 Å². The molecule has 0 atom stereocenters. The number of nitrogen functional groups attached to an aromatic ring is 1. The average molecular weight is 396 g/mol. The number of methoxy groups -OCH3 is 1. The summed E-state index contributed by atoms with van der Waals surface area (Å²) in [6.07, 6.45) is 1.57. The van der Waals surface area contributed by atoms with E-state index in [-0.39, 0.29) is 22.7 Å². The molecule has 0 bridgehead atoms. The number of carbonyl (C=O) groups is 1. The van der Waals surface area contributed by atoms with Crippen LogP contribution in [0.15, 0.2) is 59.2 Å². The van der Waals surface area contributed by atoms with E-state index in [1.54, 1.807) is 54.3 Å². The average Bonchev–Trinajstić information content (AvgIpc) is 2.98. The molecule has 0 amide bonds. The minimum atomic E-state index is -0.255.